The van der Waals surface area contributed by atoms with Gasteiger partial charge in [0.1, 0.15) is 6.54 Å². The predicted molar refractivity (Wildman–Crippen MR) is 97.9 cm³/mol. The van der Waals surface area contributed by atoms with Crippen LogP contribution in [-0.4, -0.2) is 27.4 Å². The molecule has 0 saturated carbocycles. The Hall–Kier alpha value is -2.43. The second kappa shape index (κ2) is 8.29. The number of hydrogen-bond donors (Lipinski definition) is 3. The Morgan fingerprint density at radius 1 is 1.11 bits per heavy atom. The maximum atomic E-state index is 12.6. The highest BCUT2D eigenvalue weighted by atomic mass is 32.2. The van der Waals surface area contributed by atoms with E-state index in [9.17, 15) is 26.4 Å². The Labute approximate surface area is 161 Å². The van der Waals surface area contributed by atoms with E-state index in [0.717, 1.165) is 17.0 Å². The summed E-state index contributed by atoms with van der Waals surface area (Å²) >= 11 is 0. The molecule has 0 saturated heterocycles. The van der Waals surface area contributed by atoms with Crippen molar-refractivity contribution in [1.29, 1.82) is 0 Å². The first-order valence-electron chi connectivity index (χ1n) is 8.30. The second-order valence-corrected chi connectivity index (χ2v) is 8.06. The van der Waals surface area contributed by atoms with Crippen LogP contribution in [0.25, 0.3) is 0 Å². The van der Waals surface area contributed by atoms with Crippen LogP contribution in [0, 0.1) is 0 Å². The van der Waals surface area contributed by atoms with Crippen LogP contribution in [0.4, 0.5) is 18.9 Å². The van der Waals surface area contributed by atoms with Gasteiger partial charge in [0.2, 0.25) is 10.0 Å². The van der Waals surface area contributed by atoms with Gasteiger partial charge in [0.15, 0.2) is 6.04 Å². The highest BCUT2D eigenvalue weighted by molar-refractivity contribution is 7.89. The van der Waals surface area contributed by atoms with Crippen LogP contribution in [0.3, 0.4) is 0 Å². The molecule has 0 radical (unpaired) electrons. The lowest BCUT2D eigenvalue weighted by Crippen LogP contribution is -3.12. The smallest absolute Gasteiger partial charge is 0.324 e. The average Bonchev–Trinajstić information content (AvgIpc) is 2.60. The number of rotatable bonds is 6. The van der Waals surface area contributed by atoms with Gasteiger partial charge in [-0.15, -0.1) is 0 Å². The molecule has 10 heteroatoms. The lowest BCUT2D eigenvalue weighted by molar-refractivity contribution is -0.907. The summed E-state index contributed by atoms with van der Waals surface area (Å²) in [7, 11) is -2.06. The number of hydrogen-bond acceptors (Lipinski definition) is 3. The Bertz CT molecular complexity index is 927. The molecule has 0 fully saturated rings. The van der Waals surface area contributed by atoms with E-state index in [2.05, 4.69) is 5.32 Å². The fourth-order valence-electron chi connectivity index (χ4n) is 2.49. The van der Waals surface area contributed by atoms with Crippen molar-refractivity contribution in [3.63, 3.8) is 0 Å². The topological polar surface area (TPSA) is 93.7 Å². The molecule has 2 rings (SSSR count). The molecule has 0 bridgehead atoms. The van der Waals surface area contributed by atoms with Crippen LogP contribution in [-0.2, 0) is 27.5 Å². The summed E-state index contributed by atoms with van der Waals surface area (Å²) in [5, 5.41) is 7.69. The molecule has 1 unspecified atom stereocenters. The molecule has 0 heterocycles. The number of benzene rings is 2. The van der Waals surface area contributed by atoms with E-state index in [1.165, 1.54) is 36.4 Å². The third-order valence-electron chi connectivity index (χ3n) is 4.35. The number of quaternary nitrogens is 1. The summed E-state index contributed by atoms with van der Waals surface area (Å²) < 4.78 is 60.3. The molecule has 6 nitrogen and oxygen atoms in total. The van der Waals surface area contributed by atoms with Crippen LogP contribution in [0.5, 0.6) is 0 Å². The first-order chi connectivity index (χ1) is 12.9. The quantitative estimate of drug-likeness (QED) is 0.665. The van der Waals surface area contributed by atoms with Crippen molar-refractivity contribution in [3.8, 4) is 0 Å². The number of anilines is 1. The van der Waals surface area contributed by atoms with E-state index >= 15 is 0 Å². The first-order valence-corrected chi connectivity index (χ1v) is 9.85. The van der Waals surface area contributed by atoms with Gasteiger partial charge in [-0.2, -0.15) is 13.2 Å². The fraction of sp³-hybridized carbons (Fsp3) is 0.278. The number of likely N-dealkylation sites (N-methyl/N-ethyl adjacent to an activating group) is 1. The van der Waals surface area contributed by atoms with Gasteiger partial charge in [-0.05, 0) is 43.3 Å². The summed E-state index contributed by atoms with van der Waals surface area (Å²) in [5.74, 6) is -0.312. The van der Waals surface area contributed by atoms with Crippen molar-refractivity contribution in [3.05, 3.63) is 59.7 Å². The highest BCUT2D eigenvalue weighted by Crippen LogP contribution is 2.28. The normalized spacial score (nSPS) is 14.4. The Balaban J connectivity index is 1.98. The van der Waals surface area contributed by atoms with Gasteiger partial charge in [-0.3, -0.25) is 4.79 Å². The summed E-state index contributed by atoms with van der Waals surface area (Å²) in [6.07, 6.45) is -4.39. The molecule has 0 aliphatic carbocycles. The van der Waals surface area contributed by atoms with Crippen molar-refractivity contribution in [1.82, 2.24) is 0 Å². The molecular weight excluding hydrogens is 395 g/mol. The van der Waals surface area contributed by atoms with Gasteiger partial charge in [0.25, 0.3) is 5.91 Å². The van der Waals surface area contributed by atoms with E-state index < -0.39 is 27.8 Å². The number of alkyl halides is 3. The number of primary sulfonamides is 1. The molecule has 2 aromatic carbocycles. The van der Waals surface area contributed by atoms with Crippen LogP contribution in [0.15, 0.2) is 53.4 Å². The molecule has 1 amide bonds. The van der Waals surface area contributed by atoms with E-state index in [4.69, 9.17) is 5.14 Å². The zero-order chi connectivity index (χ0) is 21.1. The molecule has 152 valence electrons. The summed E-state index contributed by atoms with van der Waals surface area (Å²) in [6, 6.07) is 9.74. The van der Waals surface area contributed by atoms with Gasteiger partial charge in [-0.25, -0.2) is 13.6 Å². The molecule has 2 aromatic rings. The molecule has 0 spiro atoms. The van der Waals surface area contributed by atoms with Crippen LogP contribution >= 0.6 is 0 Å². The molecule has 2 atom stereocenters. The molecule has 0 aliphatic rings. The van der Waals surface area contributed by atoms with Crippen molar-refractivity contribution in [2.45, 2.75) is 30.6 Å². The van der Waals surface area contributed by atoms with Crippen LogP contribution in [0.2, 0.25) is 0 Å². The number of halogens is 3. The maximum Gasteiger partial charge on any atom is 0.416 e. The van der Waals surface area contributed by atoms with Crippen molar-refractivity contribution in [2.75, 3.05) is 12.4 Å². The van der Waals surface area contributed by atoms with E-state index in [-0.39, 0.29) is 10.8 Å². The van der Waals surface area contributed by atoms with Gasteiger partial charge < -0.3 is 10.2 Å². The Kier molecular flexibility index (Phi) is 6.48. The minimum Gasteiger partial charge on any atom is -0.324 e. The highest BCUT2D eigenvalue weighted by Gasteiger charge is 2.30. The van der Waals surface area contributed by atoms with Gasteiger partial charge in [0, 0.05) is 11.3 Å². The van der Waals surface area contributed by atoms with E-state index in [0.29, 0.717) is 17.8 Å². The Morgan fingerprint density at radius 3 is 2.11 bits per heavy atom. The van der Waals surface area contributed by atoms with Crippen LogP contribution in [0.1, 0.15) is 18.1 Å². The van der Waals surface area contributed by atoms with Gasteiger partial charge in [0.05, 0.1) is 17.5 Å². The number of amides is 1. The van der Waals surface area contributed by atoms with Crippen LogP contribution < -0.4 is 15.4 Å². The largest absolute Gasteiger partial charge is 0.416 e. The number of nitrogens with one attached hydrogen (secondary N) is 2. The molecular formula is C18H21F3N3O3S+. The number of sulfonamides is 1. The van der Waals surface area contributed by atoms with Gasteiger partial charge >= 0.3 is 6.18 Å². The van der Waals surface area contributed by atoms with Gasteiger partial charge in [-0.1, -0.05) is 12.1 Å². The third-order valence-corrected chi connectivity index (χ3v) is 5.28. The number of carbonyl (C=O) groups is 1. The third kappa shape index (κ3) is 5.78. The summed E-state index contributed by atoms with van der Waals surface area (Å²) in [6.45, 7) is 2.05. The number of nitrogens with two attached hydrogens (primary N) is 1. The van der Waals surface area contributed by atoms with Crippen molar-refractivity contribution >= 4 is 21.6 Å². The molecule has 28 heavy (non-hydrogen) atoms. The Morgan fingerprint density at radius 2 is 1.64 bits per heavy atom. The first kappa shape index (κ1) is 21.9. The van der Waals surface area contributed by atoms with Crippen molar-refractivity contribution < 1.29 is 31.3 Å². The minimum absolute atomic E-state index is 0.0661. The second-order valence-electron chi connectivity index (χ2n) is 6.50. The monoisotopic (exact) mass is 416 g/mol. The van der Waals surface area contributed by atoms with E-state index in [1.54, 1.807) is 14.0 Å². The fourth-order valence-corrected chi connectivity index (χ4v) is 3.00. The lowest BCUT2D eigenvalue weighted by atomic mass is 10.1. The standard InChI is InChI=1S/C18H20F3N3O3S/c1-12(17(25)23-15-7-9-16(10-8-15)28(22,26)27)24(2)11-13-3-5-14(6-4-13)18(19,20)21/h3-10,12H,11H2,1-2H3,(H,23,25)(H2,22,26,27)/p+1/t12-/m1/s1. The molecule has 4 N–H and O–H groups in total. The zero-order valence-corrected chi connectivity index (χ0v) is 16.1. The maximum absolute atomic E-state index is 12.6. The zero-order valence-electron chi connectivity index (χ0n) is 15.2. The SMILES string of the molecule is C[C@H](C(=O)Nc1ccc(S(N)(=O)=O)cc1)[NH+](C)Cc1ccc(C(F)(F)F)cc1. The summed E-state index contributed by atoms with van der Waals surface area (Å²) in [5.41, 5.74) is 0.358. The predicted octanol–water partition coefficient (Wildman–Crippen LogP) is 1.39. The minimum atomic E-state index is -4.39. The average molecular weight is 416 g/mol. The van der Waals surface area contributed by atoms with Crippen molar-refractivity contribution in [2.24, 2.45) is 5.14 Å². The molecule has 0 aliphatic heterocycles. The number of carbonyl (C=O) groups excluding carboxylic acids is 1. The molecule has 0 aromatic heterocycles. The van der Waals surface area contributed by atoms with E-state index in [1.807, 2.05) is 0 Å². The lowest BCUT2D eigenvalue weighted by Gasteiger charge is -2.21. The summed E-state index contributed by atoms with van der Waals surface area (Å²) in [4.78, 5) is 13.1.